The van der Waals surface area contributed by atoms with Gasteiger partial charge in [0.1, 0.15) is 0 Å². The van der Waals surface area contributed by atoms with E-state index < -0.39 is 0 Å². The minimum absolute atomic E-state index is 0.101. The molecule has 0 spiro atoms. The van der Waals surface area contributed by atoms with Crippen LogP contribution in [-0.2, 0) is 13.0 Å². The number of hydrogen-bond acceptors (Lipinski definition) is 5. The number of rotatable bonds is 9. The van der Waals surface area contributed by atoms with Gasteiger partial charge in [0.05, 0.1) is 24.6 Å². The van der Waals surface area contributed by atoms with E-state index in [1.165, 1.54) is 0 Å². The molecule has 0 saturated carbocycles. The van der Waals surface area contributed by atoms with Gasteiger partial charge in [0.25, 0.3) is 5.91 Å². The Labute approximate surface area is 180 Å². The Kier molecular flexibility index (Phi) is 6.47. The minimum Gasteiger partial charge on any atom is -0.352 e. The average molecular weight is 416 g/mol. The molecule has 0 fully saturated rings. The van der Waals surface area contributed by atoms with E-state index in [4.69, 9.17) is 0 Å². The topological polar surface area (TPSA) is 90.5 Å². The molecule has 8 heteroatoms. The molecule has 4 rings (SSSR count). The van der Waals surface area contributed by atoms with Gasteiger partial charge >= 0.3 is 0 Å². The first-order chi connectivity index (χ1) is 15.2. The monoisotopic (exact) mass is 415 g/mol. The molecule has 0 unspecified atom stereocenters. The van der Waals surface area contributed by atoms with Crippen LogP contribution in [0.4, 0.5) is 0 Å². The van der Waals surface area contributed by atoms with Crippen molar-refractivity contribution >= 4 is 5.91 Å². The molecule has 2 heterocycles. The van der Waals surface area contributed by atoms with Crippen LogP contribution in [0.3, 0.4) is 0 Å². The van der Waals surface area contributed by atoms with Gasteiger partial charge in [-0.25, -0.2) is 9.67 Å². The third-order valence-corrected chi connectivity index (χ3v) is 4.89. The molecule has 1 N–H and O–H groups in total. The molecule has 8 nitrogen and oxygen atoms in total. The number of benzene rings is 2. The standard InChI is InChI=1S/C23H25N7O/c1-2-21-27-22(18-9-4-3-5-10-18)30(28-21)20-12-8-11-19(17-20)23(31)24-13-6-7-16-29-25-14-15-26-29/h3-5,8-12,14-15,17H,2,6-7,13,16H2,1H3,(H,24,31). The van der Waals surface area contributed by atoms with Crippen molar-refractivity contribution in [3.8, 4) is 17.1 Å². The Morgan fingerprint density at radius 1 is 1.00 bits per heavy atom. The van der Waals surface area contributed by atoms with Crippen molar-refractivity contribution in [3.05, 3.63) is 78.4 Å². The molecule has 0 saturated heterocycles. The molecule has 0 radical (unpaired) electrons. The van der Waals surface area contributed by atoms with Crippen molar-refractivity contribution in [2.75, 3.05) is 6.54 Å². The van der Waals surface area contributed by atoms with Gasteiger partial charge in [-0.2, -0.15) is 20.1 Å². The first kappa shape index (κ1) is 20.5. The summed E-state index contributed by atoms with van der Waals surface area (Å²) in [5.41, 5.74) is 2.39. The van der Waals surface area contributed by atoms with Crippen molar-refractivity contribution < 1.29 is 4.79 Å². The van der Waals surface area contributed by atoms with E-state index in [2.05, 4.69) is 25.6 Å². The lowest BCUT2D eigenvalue weighted by molar-refractivity contribution is 0.0953. The minimum atomic E-state index is -0.101. The summed E-state index contributed by atoms with van der Waals surface area (Å²) in [6, 6.07) is 17.4. The highest BCUT2D eigenvalue weighted by Gasteiger charge is 2.14. The summed E-state index contributed by atoms with van der Waals surface area (Å²) in [5.74, 6) is 1.43. The third-order valence-electron chi connectivity index (χ3n) is 4.89. The summed E-state index contributed by atoms with van der Waals surface area (Å²) in [6.07, 6.45) is 5.82. The number of hydrogen-bond donors (Lipinski definition) is 1. The normalized spacial score (nSPS) is 10.9. The van der Waals surface area contributed by atoms with Crippen LogP contribution < -0.4 is 5.32 Å². The van der Waals surface area contributed by atoms with Crippen LogP contribution >= 0.6 is 0 Å². The number of carbonyl (C=O) groups is 1. The molecule has 1 amide bonds. The van der Waals surface area contributed by atoms with Gasteiger partial charge in [-0.05, 0) is 31.0 Å². The maximum absolute atomic E-state index is 12.7. The summed E-state index contributed by atoms with van der Waals surface area (Å²) in [6.45, 7) is 3.37. The second-order valence-electron chi connectivity index (χ2n) is 7.12. The number of nitrogens with one attached hydrogen (secondary N) is 1. The smallest absolute Gasteiger partial charge is 0.251 e. The third kappa shape index (κ3) is 5.03. The van der Waals surface area contributed by atoms with Crippen molar-refractivity contribution in [1.29, 1.82) is 0 Å². The van der Waals surface area contributed by atoms with E-state index in [1.807, 2.05) is 66.2 Å². The van der Waals surface area contributed by atoms with Gasteiger partial charge in [0.2, 0.25) is 0 Å². The first-order valence-corrected chi connectivity index (χ1v) is 10.5. The van der Waals surface area contributed by atoms with E-state index in [0.29, 0.717) is 12.1 Å². The van der Waals surface area contributed by atoms with Crippen molar-refractivity contribution in [2.45, 2.75) is 32.7 Å². The summed E-state index contributed by atoms with van der Waals surface area (Å²) in [7, 11) is 0. The summed E-state index contributed by atoms with van der Waals surface area (Å²) in [4.78, 5) is 19.0. The van der Waals surface area contributed by atoms with E-state index in [0.717, 1.165) is 48.7 Å². The van der Waals surface area contributed by atoms with Gasteiger partial charge in [0.15, 0.2) is 11.6 Å². The predicted molar refractivity (Wildman–Crippen MR) is 118 cm³/mol. The number of aromatic nitrogens is 6. The molecule has 0 aliphatic rings. The Balaban J connectivity index is 1.44. The number of aryl methyl sites for hydroxylation is 2. The molecule has 158 valence electrons. The highest BCUT2D eigenvalue weighted by atomic mass is 16.1. The van der Waals surface area contributed by atoms with Crippen LogP contribution in [0.25, 0.3) is 17.1 Å². The second kappa shape index (κ2) is 9.80. The predicted octanol–water partition coefficient (Wildman–Crippen LogP) is 3.30. The SMILES string of the molecule is CCc1nc(-c2ccccc2)n(-c2cccc(C(=O)NCCCCn3nccn3)c2)n1. The van der Waals surface area contributed by atoms with Crippen LogP contribution in [0, 0.1) is 0 Å². The molecule has 4 aromatic rings. The van der Waals surface area contributed by atoms with Gasteiger partial charge < -0.3 is 5.32 Å². The Morgan fingerprint density at radius 2 is 1.81 bits per heavy atom. The maximum Gasteiger partial charge on any atom is 0.251 e. The van der Waals surface area contributed by atoms with E-state index in [1.54, 1.807) is 17.2 Å². The van der Waals surface area contributed by atoms with E-state index >= 15 is 0 Å². The zero-order valence-electron chi connectivity index (χ0n) is 17.5. The van der Waals surface area contributed by atoms with Crippen molar-refractivity contribution in [3.63, 3.8) is 0 Å². The molecule has 2 aromatic heterocycles. The van der Waals surface area contributed by atoms with Crippen LogP contribution in [0.2, 0.25) is 0 Å². The highest BCUT2D eigenvalue weighted by molar-refractivity contribution is 5.94. The van der Waals surface area contributed by atoms with Crippen molar-refractivity contribution in [2.24, 2.45) is 0 Å². The van der Waals surface area contributed by atoms with Gasteiger partial charge in [0, 0.05) is 24.1 Å². The Hall–Kier alpha value is -3.81. The number of unbranched alkanes of at least 4 members (excludes halogenated alkanes) is 1. The average Bonchev–Trinajstić information content (AvgIpc) is 3.49. The lowest BCUT2D eigenvalue weighted by Crippen LogP contribution is -2.24. The van der Waals surface area contributed by atoms with E-state index in [-0.39, 0.29) is 5.91 Å². The van der Waals surface area contributed by atoms with Crippen molar-refractivity contribution in [1.82, 2.24) is 35.1 Å². The summed E-state index contributed by atoms with van der Waals surface area (Å²) < 4.78 is 1.81. The largest absolute Gasteiger partial charge is 0.352 e. The molecular weight excluding hydrogens is 390 g/mol. The number of amides is 1. The fourth-order valence-corrected chi connectivity index (χ4v) is 3.28. The lowest BCUT2D eigenvalue weighted by Gasteiger charge is -2.09. The lowest BCUT2D eigenvalue weighted by atomic mass is 10.1. The highest BCUT2D eigenvalue weighted by Crippen LogP contribution is 2.22. The van der Waals surface area contributed by atoms with Crippen LogP contribution in [0.1, 0.15) is 35.9 Å². The van der Waals surface area contributed by atoms with Gasteiger partial charge in [-0.3, -0.25) is 4.79 Å². The molecule has 0 aliphatic carbocycles. The summed E-state index contributed by atoms with van der Waals surface area (Å²) >= 11 is 0. The quantitative estimate of drug-likeness (QED) is 0.424. The molecular formula is C23H25N7O. The number of carbonyl (C=O) groups excluding carboxylic acids is 1. The first-order valence-electron chi connectivity index (χ1n) is 10.5. The second-order valence-corrected chi connectivity index (χ2v) is 7.12. The number of nitrogens with zero attached hydrogens (tertiary/aromatic N) is 6. The molecule has 31 heavy (non-hydrogen) atoms. The Bertz CT molecular complexity index is 1120. The van der Waals surface area contributed by atoms with Gasteiger partial charge in [-0.1, -0.05) is 43.3 Å². The molecule has 0 bridgehead atoms. The van der Waals surface area contributed by atoms with Crippen LogP contribution in [-0.4, -0.2) is 42.2 Å². The summed E-state index contributed by atoms with van der Waals surface area (Å²) in [5, 5.41) is 15.8. The molecule has 0 aliphatic heterocycles. The van der Waals surface area contributed by atoms with Gasteiger partial charge in [-0.15, -0.1) is 0 Å². The Morgan fingerprint density at radius 3 is 2.58 bits per heavy atom. The van der Waals surface area contributed by atoms with Crippen LogP contribution in [0.15, 0.2) is 67.0 Å². The van der Waals surface area contributed by atoms with Crippen LogP contribution in [0.5, 0.6) is 0 Å². The maximum atomic E-state index is 12.7. The zero-order valence-corrected chi connectivity index (χ0v) is 17.5. The zero-order chi connectivity index (χ0) is 21.5. The van der Waals surface area contributed by atoms with E-state index in [9.17, 15) is 4.79 Å². The molecule has 2 aromatic carbocycles. The fourth-order valence-electron chi connectivity index (χ4n) is 3.28. The molecule has 0 atom stereocenters. The fraction of sp³-hybridized carbons (Fsp3) is 0.261.